The number of fused-ring (bicyclic) bond motifs is 1. The third-order valence-electron chi connectivity index (χ3n) is 4.39. The molecule has 2 aromatic carbocycles. The largest absolute Gasteiger partial charge is 0.493 e. The maximum atomic E-state index is 14.2. The molecule has 0 fully saturated rings. The van der Waals surface area contributed by atoms with E-state index in [1.165, 1.54) is 30.6 Å². The van der Waals surface area contributed by atoms with Crippen molar-refractivity contribution in [3.8, 4) is 11.5 Å². The van der Waals surface area contributed by atoms with E-state index in [4.69, 9.17) is 25.9 Å². The lowest BCUT2D eigenvalue weighted by Gasteiger charge is -2.26. The minimum Gasteiger partial charge on any atom is -0.493 e. The van der Waals surface area contributed by atoms with Crippen LogP contribution < -0.4 is 14.8 Å². The Hall–Kier alpha value is -3.17. The molecular weight excluding hydrogens is 451 g/mol. The SMILES string of the molecule is COc1cc2c(Nc3ccc(Cl)cc3F)ncnc2cc1OCCCN(C=O)OC(C)(C)C. The fourth-order valence-corrected chi connectivity index (χ4v) is 3.19. The molecule has 0 unspecified atom stereocenters. The first-order valence-electron chi connectivity index (χ1n) is 10.3. The Morgan fingerprint density at radius 3 is 2.64 bits per heavy atom. The van der Waals surface area contributed by atoms with Crippen molar-refractivity contribution in [2.75, 3.05) is 25.6 Å². The highest BCUT2D eigenvalue weighted by atomic mass is 35.5. The van der Waals surface area contributed by atoms with Crippen LogP contribution in [-0.2, 0) is 9.63 Å². The van der Waals surface area contributed by atoms with Crippen LogP contribution in [0.2, 0.25) is 5.02 Å². The summed E-state index contributed by atoms with van der Waals surface area (Å²) in [6, 6.07) is 7.79. The van der Waals surface area contributed by atoms with Crippen LogP contribution in [0.5, 0.6) is 11.5 Å². The van der Waals surface area contributed by atoms with Gasteiger partial charge in [0.25, 0.3) is 0 Å². The van der Waals surface area contributed by atoms with Gasteiger partial charge < -0.3 is 14.8 Å². The van der Waals surface area contributed by atoms with Gasteiger partial charge >= 0.3 is 0 Å². The minimum absolute atomic E-state index is 0.232. The molecule has 8 nitrogen and oxygen atoms in total. The maximum Gasteiger partial charge on any atom is 0.233 e. The van der Waals surface area contributed by atoms with Gasteiger partial charge in [0.05, 0.1) is 37.1 Å². The van der Waals surface area contributed by atoms with Crippen molar-refractivity contribution in [1.29, 1.82) is 0 Å². The predicted octanol–water partition coefficient (Wildman–Crippen LogP) is 5.13. The summed E-state index contributed by atoms with van der Waals surface area (Å²) in [5.41, 5.74) is 0.350. The zero-order valence-corrected chi connectivity index (χ0v) is 19.6. The van der Waals surface area contributed by atoms with E-state index in [1.807, 2.05) is 20.8 Å². The van der Waals surface area contributed by atoms with E-state index in [9.17, 15) is 9.18 Å². The van der Waals surface area contributed by atoms with E-state index in [0.29, 0.717) is 59.2 Å². The lowest BCUT2D eigenvalue weighted by Crippen LogP contribution is -2.34. The first-order valence-corrected chi connectivity index (χ1v) is 10.7. The standard InChI is InChI=1S/C23H26ClFN4O4/c1-23(2,3)33-29(14-30)8-5-9-32-21-12-19-16(11-20(21)31-4)22(27-13-26-19)28-18-7-6-15(24)10-17(18)25/h6-7,10-14H,5,8-9H2,1-4H3,(H,26,27,28). The number of nitrogens with one attached hydrogen (secondary N) is 1. The monoisotopic (exact) mass is 476 g/mol. The number of halogens is 2. The van der Waals surface area contributed by atoms with Gasteiger partial charge in [-0.2, -0.15) is 0 Å². The Morgan fingerprint density at radius 2 is 1.97 bits per heavy atom. The molecule has 0 bridgehead atoms. The molecular formula is C23H26ClFN4O4. The first-order chi connectivity index (χ1) is 15.7. The number of anilines is 2. The van der Waals surface area contributed by atoms with Crippen molar-refractivity contribution in [3.05, 3.63) is 47.5 Å². The van der Waals surface area contributed by atoms with Gasteiger partial charge in [-0.25, -0.2) is 19.4 Å². The maximum absolute atomic E-state index is 14.2. The normalized spacial score (nSPS) is 11.3. The second kappa shape index (κ2) is 10.6. The molecule has 1 aromatic heterocycles. The summed E-state index contributed by atoms with van der Waals surface area (Å²) in [4.78, 5) is 25.3. The number of carbonyl (C=O) groups is 1. The number of methoxy groups -OCH3 is 1. The van der Waals surface area contributed by atoms with Crippen molar-refractivity contribution >= 4 is 40.4 Å². The number of hydrogen-bond donors (Lipinski definition) is 1. The number of hydroxylamine groups is 2. The van der Waals surface area contributed by atoms with Crippen molar-refractivity contribution in [2.45, 2.75) is 32.8 Å². The fourth-order valence-electron chi connectivity index (χ4n) is 3.03. The lowest BCUT2D eigenvalue weighted by molar-refractivity contribution is -0.216. The quantitative estimate of drug-likeness (QED) is 0.246. The van der Waals surface area contributed by atoms with Crippen molar-refractivity contribution in [2.24, 2.45) is 0 Å². The van der Waals surface area contributed by atoms with E-state index in [1.54, 1.807) is 18.2 Å². The molecule has 1 heterocycles. The van der Waals surface area contributed by atoms with Crippen LogP contribution in [0.4, 0.5) is 15.9 Å². The van der Waals surface area contributed by atoms with Crippen LogP contribution in [0.1, 0.15) is 27.2 Å². The number of hydrogen-bond acceptors (Lipinski definition) is 7. The van der Waals surface area contributed by atoms with Gasteiger partial charge in [-0.15, -0.1) is 0 Å². The molecule has 0 atom stereocenters. The number of amides is 1. The number of carbonyl (C=O) groups excluding carboxylic acids is 1. The highest BCUT2D eigenvalue weighted by molar-refractivity contribution is 6.30. The number of rotatable bonds is 10. The zero-order chi connectivity index (χ0) is 24.0. The molecule has 1 amide bonds. The Morgan fingerprint density at radius 1 is 1.18 bits per heavy atom. The second-order valence-corrected chi connectivity index (χ2v) is 8.58. The van der Waals surface area contributed by atoms with E-state index in [2.05, 4.69) is 15.3 Å². The molecule has 10 heteroatoms. The molecule has 0 saturated heterocycles. The van der Waals surface area contributed by atoms with Crippen molar-refractivity contribution < 1.29 is 23.5 Å². The highest BCUT2D eigenvalue weighted by Gasteiger charge is 2.16. The van der Waals surface area contributed by atoms with E-state index in [-0.39, 0.29) is 5.69 Å². The summed E-state index contributed by atoms with van der Waals surface area (Å²) in [5, 5.41) is 5.15. The Bertz CT molecular complexity index is 1120. The van der Waals surface area contributed by atoms with Crippen LogP contribution in [0.3, 0.4) is 0 Å². The molecule has 1 N–H and O–H groups in total. The van der Waals surface area contributed by atoms with Crippen LogP contribution in [-0.4, -0.2) is 47.3 Å². The summed E-state index contributed by atoms with van der Waals surface area (Å²) in [5.74, 6) is 0.866. The fraction of sp³-hybridized carbons (Fsp3) is 0.348. The Balaban J connectivity index is 1.74. The Kier molecular flexibility index (Phi) is 7.88. The van der Waals surface area contributed by atoms with Gasteiger partial charge in [-0.1, -0.05) is 11.6 Å². The van der Waals surface area contributed by atoms with Crippen LogP contribution in [0, 0.1) is 5.82 Å². The van der Waals surface area contributed by atoms with Gasteiger partial charge in [0.2, 0.25) is 6.41 Å². The second-order valence-electron chi connectivity index (χ2n) is 8.14. The molecule has 0 spiro atoms. The van der Waals surface area contributed by atoms with E-state index in [0.717, 1.165) is 0 Å². The average molecular weight is 477 g/mol. The first kappa shape index (κ1) is 24.5. The molecule has 0 saturated carbocycles. The lowest BCUT2D eigenvalue weighted by atomic mass is 10.2. The summed E-state index contributed by atoms with van der Waals surface area (Å²) < 4.78 is 25.6. The smallest absolute Gasteiger partial charge is 0.233 e. The van der Waals surface area contributed by atoms with E-state index < -0.39 is 11.4 Å². The number of aromatic nitrogens is 2. The summed E-state index contributed by atoms with van der Waals surface area (Å²) in [7, 11) is 1.52. The summed E-state index contributed by atoms with van der Waals surface area (Å²) in [6.07, 6.45) is 2.57. The van der Waals surface area contributed by atoms with Crippen LogP contribution in [0.15, 0.2) is 36.7 Å². The van der Waals surface area contributed by atoms with Gasteiger partial charge in [0.15, 0.2) is 11.5 Å². The van der Waals surface area contributed by atoms with E-state index >= 15 is 0 Å². The topological polar surface area (TPSA) is 85.8 Å². The third kappa shape index (κ3) is 6.66. The molecule has 33 heavy (non-hydrogen) atoms. The van der Waals surface area contributed by atoms with Gasteiger partial charge in [-0.05, 0) is 45.0 Å². The van der Waals surface area contributed by atoms with Gasteiger partial charge in [0.1, 0.15) is 18.0 Å². The summed E-state index contributed by atoms with van der Waals surface area (Å²) >= 11 is 5.83. The predicted molar refractivity (Wildman–Crippen MR) is 125 cm³/mol. The van der Waals surface area contributed by atoms with Crippen molar-refractivity contribution in [3.63, 3.8) is 0 Å². The molecule has 0 aliphatic carbocycles. The molecule has 0 aliphatic heterocycles. The number of nitrogens with zero attached hydrogens (tertiary/aromatic N) is 3. The van der Waals surface area contributed by atoms with Crippen LogP contribution >= 0.6 is 11.6 Å². The van der Waals surface area contributed by atoms with Gasteiger partial charge in [0, 0.05) is 22.9 Å². The van der Waals surface area contributed by atoms with Crippen molar-refractivity contribution in [1.82, 2.24) is 15.0 Å². The molecule has 0 radical (unpaired) electrons. The minimum atomic E-state index is -0.499. The number of benzene rings is 2. The number of ether oxygens (including phenoxy) is 2. The molecule has 3 aromatic rings. The summed E-state index contributed by atoms with van der Waals surface area (Å²) in [6.45, 7) is 6.30. The average Bonchev–Trinajstić information content (AvgIpc) is 2.76. The van der Waals surface area contributed by atoms with Gasteiger partial charge in [-0.3, -0.25) is 9.63 Å². The highest BCUT2D eigenvalue weighted by Crippen LogP contribution is 2.35. The molecule has 176 valence electrons. The zero-order valence-electron chi connectivity index (χ0n) is 18.9. The van der Waals surface area contributed by atoms with Crippen LogP contribution in [0.25, 0.3) is 10.9 Å². The Labute approximate surface area is 196 Å². The molecule has 3 rings (SSSR count). The third-order valence-corrected chi connectivity index (χ3v) is 4.63. The molecule has 0 aliphatic rings.